The summed E-state index contributed by atoms with van der Waals surface area (Å²) in [6.07, 6.45) is 0.195. The van der Waals surface area contributed by atoms with Gasteiger partial charge in [0.05, 0.1) is 17.3 Å². The highest BCUT2D eigenvalue weighted by atomic mass is 19.1. The summed E-state index contributed by atoms with van der Waals surface area (Å²) in [5.74, 6) is -6.85. The number of fused-ring (bicyclic) bond motifs is 3. The minimum atomic E-state index is -2.58. The first-order chi connectivity index (χ1) is 17.0. The maximum atomic E-state index is 15.1. The summed E-state index contributed by atoms with van der Waals surface area (Å²) in [4.78, 5) is 27.4. The second-order valence-corrected chi connectivity index (χ2v) is 11.3. The lowest BCUT2D eigenvalue weighted by Crippen LogP contribution is -2.67. The highest BCUT2D eigenvalue weighted by molar-refractivity contribution is 6.33. The van der Waals surface area contributed by atoms with Gasteiger partial charge in [-0.05, 0) is 59.2 Å². The van der Waals surface area contributed by atoms with E-state index < -0.39 is 69.5 Å². The molecule has 1 aromatic carbocycles. The number of aliphatic hydroxyl groups excluding tert-OH is 2. The van der Waals surface area contributed by atoms with Crippen molar-refractivity contribution in [2.75, 3.05) is 14.1 Å². The number of aliphatic hydroxyl groups is 3. The van der Waals surface area contributed by atoms with Crippen LogP contribution < -0.4 is 11.1 Å². The molecule has 0 bridgehead atoms. The SMILES string of the molecule is CN(C)[C@@H]1C(O)=C(C(N)=O)C(=N)[C@@]2(O)C(=O)C3=C(O)c4c(cc(CNC(C)(C)C)c(F)c4O)C[C@H]3C[C@@H]12. The number of carbonyl (C=O) groups excluding carboxylic acids is 2. The van der Waals surface area contributed by atoms with E-state index in [9.17, 15) is 30.0 Å². The highest BCUT2D eigenvalue weighted by Gasteiger charge is 2.63. The molecule has 37 heavy (non-hydrogen) atoms. The third kappa shape index (κ3) is 3.92. The van der Waals surface area contributed by atoms with E-state index in [1.165, 1.54) is 11.0 Å². The Hall–Kier alpha value is -3.28. The molecule has 3 aliphatic carbocycles. The van der Waals surface area contributed by atoms with Crippen molar-refractivity contribution < 1.29 is 34.4 Å². The molecule has 11 heteroatoms. The molecular weight excluding hydrogens is 483 g/mol. The number of amides is 1. The number of rotatable bonds is 4. The quantitative estimate of drug-likeness (QED) is 0.314. The normalized spacial score (nSPS) is 27.8. The highest BCUT2D eigenvalue weighted by Crippen LogP contribution is 2.52. The van der Waals surface area contributed by atoms with Crippen LogP contribution in [0.5, 0.6) is 5.75 Å². The number of halogens is 1. The van der Waals surface area contributed by atoms with Gasteiger partial charge >= 0.3 is 0 Å². The van der Waals surface area contributed by atoms with Gasteiger partial charge in [0.15, 0.2) is 17.2 Å². The molecule has 0 aliphatic heterocycles. The van der Waals surface area contributed by atoms with E-state index in [0.717, 1.165) is 0 Å². The van der Waals surface area contributed by atoms with Crippen LogP contribution in [0.25, 0.3) is 5.76 Å². The van der Waals surface area contributed by atoms with Crippen LogP contribution in [-0.2, 0) is 22.6 Å². The molecule has 0 saturated heterocycles. The van der Waals surface area contributed by atoms with Gasteiger partial charge in [0.2, 0.25) is 5.78 Å². The number of nitrogens with two attached hydrogens (primary N) is 1. The predicted molar refractivity (Wildman–Crippen MR) is 134 cm³/mol. The number of nitrogens with one attached hydrogen (secondary N) is 2. The van der Waals surface area contributed by atoms with E-state index in [-0.39, 0.29) is 41.6 Å². The van der Waals surface area contributed by atoms with E-state index in [1.54, 1.807) is 14.1 Å². The molecule has 10 nitrogen and oxygen atoms in total. The topological polar surface area (TPSA) is 180 Å². The summed E-state index contributed by atoms with van der Waals surface area (Å²) >= 11 is 0. The minimum Gasteiger partial charge on any atom is -0.510 e. The molecule has 1 aromatic rings. The van der Waals surface area contributed by atoms with E-state index in [2.05, 4.69) is 5.32 Å². The van der Waals surface area contributed by atoms with E-state index in [1.807, 2.05) is 20.8 Å². The number of primary amides is 1. The number of Topliss-reactive ketones (excluding diaryl/α,β-unsaturated/α-hetero) is 1. The average Bonchev–Trinajstić information content (AvgIpc) is 2.76. The lowest BCUT2D eigenvalue weighted by Gasteiger charge is -2.51. The number of nitrogens with zero attached hydrogens (tertiary/aromatic N) is 1. The van der Waals surface area contributed by atoms with Gasteiger partial charge in [-0.25, -0.2) is 4.39 Å². The van der Waals surface area contributed by atoms with Gasteiger partial charge in [0.25, 0.3) is 5.91 Å². The van der Waals surface area contributed by atoms with Gasteiger partial charge in [-0.3, -0.25) is 14.5 Å². The Morgan fingerprint density at radius 3 is 2.46 bits per heavy atom. The van der Waals surface area contributed by atoms with Crippen LogP contribution in [0.15, 0.2) is 23.0 Å². The Morgan fingerprint density at radius 2 is 1.92 bits per heavy atom. The molecule has 8 N–H and O–H groups in total. The number of ketones is 1. The van der Waals surface area contributed by atoms with E-state index in [4.69, 9.17) is 11.1 Å². The van der Waals surface area contributed by atoms with Crippen LogP contribution in [-0.4, -0.2) is 74.0 Å². The molecule has 1 fully saturated rings. The monoisotopic (exact) mass is 516 g/mol. The summed E-state index contributed by atoms with van der Waals surface area (Å²) in [7, 11) is 3.18. The number of hydrogen-bond donors (Lipinski definition) is 7. The van der Waals surface area contributed by atoms with Crippen molar-refractivity contribution in [3.8, 4) is 5.75 Å². The third-order valence-electron chi connectivity index (χ3n) is 7.59. The summed E-state index contributed by atoms with van der Waals surface area (Å²) in [6, 6.07) is 0.528. The lowest BCUT2D eigenvalue weighted by molar-refractivity contribution is -0.138. The summed E-state index contributed by atoms with van der Waals surface area (Å²) in [6.45, 7) is 5.85. The summed E-state index contributed by atoms with van der Waals surface area (Å²) in [5, 5.41) is 56.0. The fraction of sp³-hybridized carbons (Fsp3) is 0.500. The molecule has 0 spiro atoms. The molecule has 3 aliphatic rings. The first-order valence-corrected chi connectivity index (χ1v) is 12.0. The number of hydrogen-bond acceptors (Lipinski definition) is 9. The molecule has 1 amide bonds. The molecular formula is C26H33FN4O6. The standard InChI is InChI=1S/C26H33FN4O6/c1-25(2,3)30-9-12-7-10-6-11-8-13-18(31(4)5)21(34)16(24(29)36)22(28)26(13,37)23(35)15(11)19(32)14(10)20(33)17(12)27/h7,11,13,18,28,30,32-34,37H,6,8-9H2,1-5H3,(H2,29,36)/t11-,13-,18-,26+/m0/s1. The second-order valence-electron chi connectivity index (χ2n) is 11.3. The lowest BCUT2D eigenvalue weighted by atomic mass is 9.57. The van der Waals surface area contributed by atoms with Crippen LogP contribution in [0.1, 0.15) is 43.9 Å². The fourth-order valence-corrected chi connectivity index (χ4v) is 5.88. The average molecular weight is 517 g/mol. The van der Waals surface area contributed by atoms with Crippen molar-refractivity contribution in [1.29, 1.82) is 5.41 Å². The summed E-state index contributed by atoms with van der Waals surface area (Å²) in [5.41, 5.74) is 1.10. The smallest absolute Gasteiger partial charge is 0.254 e. The number of phenolic OH excluding ortho intramolecular Hbond substituents is 1. The summed E-state index contributed by atoms with van der Waals surface area (Å²) < 4.78 is 15.1. The van der Waals surface area contributed by atoms with Crippen molar-refractivity contribution in [3.63, 3.8) is 0 Å². The molecule has 1 saturated carbocycles. The molecule has 0 unspecified atom stereocenters. The Morgan fingerprint density at radius 1 is 1.30 bits per heavy atom. The van der Waals surface area contributed by atoms with Gasteiger partial charge in [-0.2, -0.15) is 0 Å². The number of likely N-dealkylation sites (N-methyl/N-ethyl adjacent to an activating group) is 1. The number of benzene rings is 1. The largest absolute Gasteiger partial charge is 0.510 e. The third-order valence-corrected chi connectivity index (χ3v) is 7.59. The van der Waals surface area contributed by atoms with Crippen LogP contribution in [0.2, 0.25) is 0 Å². The Balaban J connectivity index is 1.87. The zero-order valence-corrected chi connectivity index (χ0v) is 21.4. The molecule has 4 rings (SSSR count). The van der Waals surface area contributed by atoms with Crippen molar-refractivity contribution >= 4 is 23.2 Å². The molecule has 200 valence electrons. The van der Waals surface area contributed by atoms with Gasteiger partial charge in [0, 0.05) is 29.1 Å². The fourth-order valence-electron chi connectivity index (χ4n) is 5.88. The Kier molecular flexibility index (Phi) is 6.25. The van der Waals surface area contributed by atoms with E-state index >= 15 is 4.39 Å². The Labute approximate surface area is 213 Å². The molecule has 0 aromatic heterocycles. The first-order valence-electron chi connectivity index (χ1n) is 12.0. The van der Waals surface area contributed by atoms with Gasteiger partial charge in [-0.15, -0.1) is 0 Å². The van der Waals surface area contributed by atoms with Gasteiger partial charge in [-0.1, -0.05) is 6.07 Å². The van der Waals surface area contributed by atoms with Crippen molar-refractivity contribution in [3.05, 3.63) is 45.5 Å². The number of phenols is 1. The second kappa shape index (κ2) is 8.64. The van der Waals surface area contributed by atoms with E-state index in [0.29, 0.717) is 5.56 Å². The zero-order chi connectivity index (χ0) is 27.8. The maximum Gasteiger partial charge on any atom is 0.254 e. The minimum absolute atomic E-state index is 0.0517. The number of aromatic hydroxyl groups is 1. The van der Waals surface area contributed by atoms with Crippen molar-refractivity contribution in [1.82, 2.24) is 10.2 Å². The van der Waals surface area contributed by atoms with Crippen LogP contribution in [0.4, 0.5) is 4.39 Å². The van der Waals surface area contributed by atoms with Crippen LogP contribution in [0, 0.1) is 23.1 Å². The molecule has 4 atom stereocenters. The first kappa shape index (κ1) is 26.8. The predicted octanol–water partition coefficient (Wildman–Crippen LogP) is 1.44. The van der Waals surface area contributed by atoms with Gasteiger partial charge < -0.3 is 36.9 Å². The molecule has 0 heterocycles. The number of carbonyl (C=O) groups is 2. The van der Waals surface area contributed by atoms with Crippen LogP contribution >= 0.6 is 0 Å². The van der Waals surface area contributed by atoms with Crippen LogP contribution in [0.3, 0.4) is 0 Å². The zero-order valence-electron chi connectivity index (χ0n) is 21.4. The maximum absolute atomic E-state index is 15.1. The molecule has 0 radical (unpaired) electrons. The van der Waals surface area contributed by atoms with Gasteiger partial charge in [0.1, 0.15) is 17.1 Å². The van der Waals surface area contributed by atoms with Crippen molar-refractivity contribution in [2.45, 2.75) is 57.3 Å². The Bertz CT molecular complexity index is 1290. The van der Waals surface area contributed by atoms with Crippen molar-refractivity contribution in [2.24, 2.45) is 17.6 Å².